The minimum atomic E-state index is -0.827. The molecule has 408 valence electrons. The number of ether oxygens (including phenoxy) is 3. The van der Waals surface area contributed by atoms with E-state index < -0.39 is 12.1 Å². The lowest BCUT2D eigenvalue weighted by Gasteiger charge is -2.18. The second kappa shape index (κ2) is 59.4. The summed E-state index contributed by atoms with van der Waals surface area (Å²) >= 11 is 0. The van der Waals surface area contributed by atoms with Gasteiger partial charge in [0.05, 0.1) is 6.42 Å². The Morgan fingerprint density at radius 1 is 0.306 bits per heavy atom. The van der Waals surface area contributed by atoms with E-state index in [-0.39, 0.29) is 31.6 Å². The van der Waals surface area contributed by atoms with Gasteiger partial charge in [0.25, 0.3) is 0 Å². The van der Waals surface area contributed by atoms with Crippen LogP contribution in [0.5, 0.6) is 0 Å². The molecule has 0 fully saturated rings. The molecule has 0 saturated heterocycles. The highest BCUT2D eigenvalue weighted by Crippen LogP contribution is 2.15. The van der Waals surface area contributed by atoms with Crippen molar-refractivity contribution in [2.75, 3.05) is 13.2 Å². The largest absolute Gasteiger partial charge is 0.462 e. The first-order chi connectivity index (χ1) is 35.5. The number of unbranched alkanes of at least 4 members (excludes halogenated alkanes) is 22. The highest BCUT2D eigenvalue weighted by molar-refractivity contribution is 5.72. The van der Waals surface area contributed by atoms with Crippen LogP contribution in [0.25, 0.3) is 0 Å². The fraction of sp³-hybridized carbons (Fsp3) is 0.652. The minimum Gasteiger partial charge on any atom is -0.462 e. The summed E-state index contributed by atoms with van der Waals surface area (Å²) in [5.74, 6) is -1.06. The molecule has 0 radical (unpaired) electrons. The van der Waals surface area contributed by atoms with Crippen molar-refractivity contribution < 1.29 is 28.6 Å². The van der Waals surface area contributed by atoms with Crippen molar-refractivity contribution in [2.24, 2.45) is 0 Å². The van der Waals surface area contributed by atoms with Gasteiger partial charge in [-0.15, -0.1) is 0 Å². The summed E-state index contributed by atoms with van der Waals surface area (Å²) in [6, 6.07) is 0. The van der Waals surface area contributed by atoms with Crippen molar-refractivity contribution >= 4 is 17.9 Å². The topological polar surface area (TPSA) is 78.9 Å². The number of esters is 3. The van der Waals surface area contributed by atoms with Crippen molar-refractivity contribution in [3.8, 4) is 0 Å². The Labute approximate surface area is 443 Å². The second-order valence-electron chi connectivity index (χ2n) is 19.2. The van der Waals surface area contributed by atoms with Crippen molar-refractivity contribution in [3.05, 3.63) is 122 Å². The summed E-state index contributed by atoms with van der Waals surface area (Å²) in [6.07, 6.45) is 82.2. The van der Waals surface area contributed by atoms with E-state index in [0.717, 1.165) is 109 Å². The van der Waals surface area contributed by atoms with Crippen LogP contribution < -0.4 is 0 Å². The molecule has 0 aliphatic rings. The number of allylic oxidation sites excluding steroid dienone is 19. The van der Waals surface area contributed by atoms with Crippen LogP contribution in [0.15, 0.2) is 122 Å². The molecule has 0 amide bonds. The van der Waals surface area contributed by atoms with E-state index in [4.69, 9.17) is 14.2 Å². The van der Waals surface area contributed by atoms with E-state index in [9.17, 15) is 14.4 Å². The predicted octanol–water partition coefficient (Wildman–Crippen LogP) is 20.0. The van der Waals surface area contributed by atoms with Gasteiger partial charge >= 0.3 is 17.9 Å². The van der Waals surface area contributed by atoms with Gasteiger partial charge < -0.3 is 14.2 Å². The zero-order valence-corrected chi connectivity index (χ0v) is 46.7. The smallest absolute Gasteiger partial charge is 0.309 e. The highest BCUT2D eigenvalue weighted by atomic mass is 16.6. The zero-order valence-electron chi connectivity index (χ0n) is 46.7. The Morgan fingerprint density at radius 2 is 0.597 bits per heavy atom. The molecule has 72 heavy (non-hydrogen) atoms. The first-order valence-electron chi connectivity index (χ1n) is 29.5. The van der Waals surface area contributed by atoms with Gasteiger partial charge in [0, 0.05) is 12.8 Å². The van der Waals surface area contributed by atoms with Gasteiger partial charge in [0.2, 0.25) is 0 Å². The maximum absolute atomic E-state index is 12.9. The quantitative estimate of drug-likeness (QED) is 0.0261. The number of hydrogen-bond donors (Lipinski definition) is 0. The van der Waals surface area contributed by atoms with Gasteiger partial charge in [-0.05, 0) is 109 Å². The van der Waals surface area contributed by atoms with E-state index in [1.54, 1.807) is 6.08 Å². The molecule has 0 aliphatic heterocycles. The van der Waals surface area contributed by atoms with Gasteiger partial charge in [0.1, 0.15) is 13.2 Å². The van der Waals surface area contributed by atoms with Crippen LogP contribution in [-0.4, -0.2) is 37.2 Å². The summed E-state index contributed by atoms with van der Waals surface area (Å²) in [7, 11) is 0. The predicted molar refractivity (Wildman–Crippen MR) is 311 cm³/mol. The van der Waals surface area contributed by atoms with Gasteiger partial charge in [-0.1, -0.05) is 251 Å². The molecule has 0 aromatic carbocycles. The number of rotatable bonds is 52. The van der Waals surface area contributed by atoms with Gasteiger partial charge in [-0.25, -0.2) is 0 Å². The summed E-state index contributed by atoms with van der Waals surface area (Å²) in [4.78, 5) is 38.1. The van der Waals surface area contributed by atoms with Gasteiger partial charge in [0.15, 0.2) is 6.10 Å². The average molecular weight is 998 g/mol. The summed E-state index contributed by atoms with van der Waals surface area (Å²) in [5, 5.41) is 0. The molecule has 6 heteroatoms. The number of carbonyl (C=O) groups is 3. The standard InChI is InChI=1S/C66H108O6/c1-4-7-10-13-16-19-22-25-28-30-31-32-33-34-35-36-39-41-44-47-50-53-56-59-65(68)71-62-63(61-70-64(67)58-55-52-49-46-43-40-37-27-24-21-18-15-12-9-6-3)72-66(69)60-57-54-51-48-45-42-38-29-26-23-20-17-14-11-8-5-2/h7,9-10,12,16,18-19,21,25,27-29,31-32,37-38,43,46,52,55,63H,4-6,8,11,13-15,17,20,22-24,26,30,33-36,39-42,44-45,47-51,53-54,56-62H2,1-3H3/b10-7-,12-9-,19-16-,21-18-,28-25-,32-31-,37-27-,38-29-,46-43-,55-52-. The Kier molecular flexibility index (Phi) is 55.9. The summed E-state index contributed by atoms with van der Waals surface area (Å²) in [5.41, 5.74) is 0. The Bertz CT molecular complexity index is 1520. The van der Waals surface area contributed by atoms with E-state index in [1.807, 2.05) is 6.08 Å². The molecule has 0 aromatic rings. The molecule has 0 aliphatic carbocycles. The first kappa shape index (κ1) is 67.8. The van der Waals surface area contributed by atoms with Crippen LogP contribution in [0, 0.1) is 0 Å². The molecule has 6 nitrogen and oxygen atoms in total. The lowest BCUT2D eigenvalue weighted by Crippen LogP contribution is -2.30. The van der Waals surface area contributed by atoms with Crippen LogP contribution in [0.2, 0.25) is 0 Å². The molecule has 0 aromatic heterocycles. The first-order valence-corrected chi connectivity index (χ1v) is 29.5. The molecular weight excluding hydrogens is 889 g/mol. The minimum absolute atomic E-state index is 0.116. The second-order valence-corrected chi connectivity index (χ2v) is 19.2. The Morgan fingerprint density at radius 3 is 0.986 bits per heavy atom. The maximum Gasteiger partial charge on any atom is 0.309 e. The molecule has 1 atom stereocenters. The summed E-state index contributed by atoms with van der Waals surface area (Å²) < 4.78 is 16.8. The monoisotopic (exact) mass is 997 g/mol. The number of carbonyl (C=O) groups excluding carboxylic acids is 3. The van der Waals surface area contributed by atoms with E-state index >= 15 is 0 Å². The lowest BCUT2D eigenvalue weighted by atomic mass is 10.1. The summed E-state index contributed by atoms with van der Waals surface area (Å²) in [6.45, 7) is 6.32. The maximum atomic E-state index is 12.9. The molecule has 0 N–H and O–H groups in total. The molecule has 0 rings (SSSR count). The van der Waals surface area contributed by atoms with E-state index in [2.05, 4.69) is 130 Å². The van der Waals surface area contributed by atoms with Crippen molar-refractivity contribution in [1.29, 1.82) is 0 Å². The van der Waals surface area contributed by atoms with Gasteiger partial charge in [-0.3, -0.25) is 14.4 Å². The van der Waals surface area contributed by atoms with Gasteiger partial charge in [-0.2, -0.15) is 0 Å². The zero-order chi connectivity index (χ0) is 52.2. The molecule has 0 bridgehead atoms. The molecule has 0 spiro atoms. The van der Waals surface area contributed by atoms with Crippen LogP contribution in [-0.2, 0) is 28.6 Å². The van der Waals surface area contributed by atoms with Crippen molar-refractivity contribution in [1.82, 2.24) is 0 Å². The van der Waals surface area contributed by atoms with Crippen LogP contribution in [0.4, 0.5) is 0 Å². The van der Waals surface area contributed by atoms with Crippen LogP contribution in [0.3, 0.4) is 0 Å². The van der Waals surface area contributed by atoms with E-state index in [1.165, 1.54) is 109 Å². The SMILES string of the molecule is CC/C=C\C/C=C\C/C=C\C/C=C\C/C=C\CC(=O)OCC(COC(=O)CCCCCCCCCCCC/C=C\C/C=C\C/C=C\C/C=C\CC)OC(=O)CCCCCCC/C=C\CCCCCCCCC. The van der Waals surface area contributed by atoms with Crippen molar-refractivity contribution in [3.63, 3.8) is 0 Å². The lowest BCUT2D eigenvalue weighted by molar-refractivity contribution is -0.166. The third-order valence-electron chi connectivity index (χ3n) is 12.2. The van der Waals surface area contributed by atoms with Crippen LogP contribution in [0.1, 0.15) is 258 Å². The van der Waals surface area contributed by atoms with E-state index in [0.29, 0.717) is 12.8 Å². The molecular formula is C66H108O6. The third-order valence-corrected chi connectivity index (χ3v) is 12.2. The fourth-order valence-electron chi connectivity index (χ4n) is 7.85. The Balaban J connectivity index is 4.46. The van der Waals surface area contributed by atoms with Crippen molar-refractivity contribution in [2.45, 2.75) is 264 Å². The molecule has 0 heterocycles. The normalized spacial score (nSPS) is 13.0. The number of hydrogen-bond acceptors (Lipinski definition) is 6. The van der Waals surface area contributed by atoms with Crippen LogP contribution >= 0.6 is 0 Å². The third kappa shape index (κ3) is 56.7. The molecule has 0 saturated carbocycles. The fourth-order valence-corrected chi connectivity index (χ4v) is 7.85. The average Bonchev–Trinajstić information content (AvgIpc) is 3.38. The molecule has 1 unspecified atom stereocenters. The Hall–Kier alpha value is -4.19. The highest BCUT2D eigenvalue weighted by Gasteiger charge is 2.19.